The van der Waals surface area contributed by atoms with Gasteiger partial charge in [0.2, 0.25) is 5.91 Å². The molecule has 0 saturated carbocycles. The maximum absolute atomic E-state index is 13.4. The first-order valence-electron chi connectivity index (χ1n) is 11.4. The Kier molecular flexibility index (Phi) is 6.16. The van der Waals surface area contributed by atoms with Gasteiger partial charge in [0.1, 0.15) is 6.04 Å². The highest BCUT2D eigenvalue weighted by atomic mass is 16.2. The molecular weight excluding hydrogens is 426 g/mol. The lowest BCUT2D eigenvalue weighted by Crippen LogP contribution is -2.47. The van der Waals surface area contributed by atoms with E-state index in [0.717, 1.165) is 17.5 Å². The van der Waals surface area contributed by atoms with E-state index in [4.69, 9.17) is 0 Å². The molecule has 1 saturated heterocycles. The Hall–Kier alpha value is -4.26. The number of nitrogens with zero attached hydrogens (tertiary/aromatic N) is 4. The first-order chi connectivity index (χ1) is 16.7. The predicted octanol–water partition coefficient (Wildman–Crippen LogP) is 3.78. The van der Waals surface area contributed by atoms with Crippen LogP contribution in [0.2, 0.25) is 0 Å². The smallest absolute Gasteiger partial charge is 0.256 e. The first-order valence-corrected chi connectivity index (χ1v) is 11.4. The second-order valence-electron chi connectivity index (χ2n) is 8.28. The largest absolute Gasteiger partial charge is 0.343 e. The van der Waals surface area contributed by atoms with Gasteiger partial charge in [-0.25, -0.2) is 9.67 Å². The molecule has 0 unspecified atom stereocenters. The van der Waals surface area contributed by atoms with E-state index in [1.807, 2.05) is 66.7 Å². The number of aromatic nitrogens is 3. The van der Waals surface area contributed by atoms with Crippen molar-refractivity contribution in [2.24, 2.45) is 0 Å². The topological polar surface area (TPSA) is 80.1 Å². The summed E-state index contributed by atoms with van der Waals surface area (Å²) in [6.07, 6.45) is 6.42. The summed E-state index contributed by atoms with van der Waals surface area (Å²) in [4.78, 5) is 32.7. The molecule has 7 heteroatoms. The van der Waals surface area contributed by atoms with Crippen LogP contribution in [-0.4, -0.2) is 44.1 Å². The minimum Gasteiger partial charge on any atom is -0.343 e. The first kappa shape index (κ1) is 21.6. The molecule has 0 spiro atoms. The quantitative estimate of drug-likeness (QED) is 0.484. The zero-order valence-corrected chi connectivity index (χ0v) is 18.6. The highest BCUT2D eigenvalue weighted by Crippen LogP contribution is 2.25. The second kappa shape index (κ2) is 9.70. The standard InChI is InChI=1S/C27H25N5O2/c33-26(30-25(20-9-3-1-4-10-20)21-11-5-2-6-12-21)23-13-7-17-31(23)27(34)22-14-15-24(28-19-22)32-18-8-16-29-32/h1-6,8-12,14-16,18-19,23,25H,7,13,17H2,(H,30,33)/t23-/m0/s1. The van der Waals surface area contributed by atoms with Crippen LogP contribution in [0.4, 0.5) is 0 Å². The molecule has 170 valence electrons. The van der Waals surface area contributed by atoms with Crippen LogP contribution in [0.5, 0.6) is 0 Å². The molecular formula is C27H25N5O2. The predicted molar refractivity (Wildman–Crippen MR) is 128 cm³/mol. The second-order valence-corrected chi connectivity index (χ2v) is 8.28. The Morgan fingerprint density at radius 2 is 1.62 bits per heavy atom. The van der Waals surface area contributed by atoms with Crippen molar-refractivity contribution in [1.29, 1.82) is 0 Å². The fourth-order valence-electron chi connectivity index (χ4n) is 4.39. The molecule has 34 heavy (non-hydrogen) atoms. The van der Waals surface area contributed by atoms with E-state index in [-0.39, 0.29) is 17.9 Å². The number of pyridine rings is 1. The molecule has 1 atom stereocenters. The van der Waals surface area contributed by atoms with E-state index in [1.165, 1.54) is 0 Å². The van der Waals surface area contributed by atoms with Crippen LogP contribution >= 0.6 is 0 Å². The zero-order valence-electron chi connectivity index (χ0n) is 18.6. The SMILES string of the molecule is O=C(NC(c1ccccc1)c1ccccc1)[C@@H]1CCCN1C(=O)c1ccc(-n2cccn2)nc1. The highest BCUT2D eigenvalue weighted by Gasteiger charge is 2.35. The fraction of sp³-hybridized carbons (Fsp3) is 0.185. The normalized spacial score (nSPS) is 15.4. The maximum atomic E-state index is 13.4. The summed E-state index contributed by atoms with van der Waals surface area (Å²) in [6, 6.07) is 24.3. The van der Waals surface area contributed by atoms with Gasteiger partial charge in [-0.05, 0) is 42.2 Å². The Labute approximate surface area is 198 Å². The van der Waals surface area contributed by atoms with E-state index in [1.54, 1.807) is 40.3 Å². The molecule has 2 amide bonds. The third-order valence-electron chi connectivity index (χ3n) is 6.10. The van der Waals surface area contributed by atoms with Crippen molar-refractivity contribution in [1.82, 2.24) is 25.0 Å². The van der Waals surface area contributed by atoms with Gasteiger partial charge < -0.3 is 10.2 Å². The van der Waals surface area contributed by atoms with E-state index >= 15 is 0 Å². The minimum absolute atomic E-state index is 0.148. The molecule has 7 nitrogen and oxygen atoms in total. The average molecular weight is 452 g/mol. The van der Waals surface area contributed by atoms with Gasteiger partial charge in [0.05, 0.1) is 11.6 Å². The van der Waals surface area contributed by atoms with E-state index < -0.39 is 6.04 Å². The Morgan fingerprint density at radius 3 is 2.21 bits per heavy atom. The van der Waals surface area contributed by atoms with Crippen molar-refractivity contribution in [2.45, 2.75) is 24.9 Å². The number of hydrogen-bond donors (Lipinski definition) is 1. The number of hydrogen-bond acceptors (Lipinski definition) is 4. The van der Waals surface area contributed by atoms with Gasteiger partial charge in [-0.2, -0.15) is 5.10 Å². The summed E-state index contributed by atoms with van der Waals surface area (Å²) in [5.41, 5.74) is 2.45. The van der Waals surface area contributed by atoms with Crippen molar-refractivity contribution >= 4 is 11.8 Å². The number of benzene rings is 2. The molecule has 0 radical (unpaired) electrons. The minimum atomic E-state index is -0.520. The van der Waals surface area contributed by atoms with Gasteiger partial charge >= 0.3 is 0 Å². The van der Waals surface area contributed by atoms with Crippen LogP contribution in [0.25, 0.3) is 5.82 Å². The molecule has 1 aliphatic heterocycles. The number of nitrogens with one attached hydrogen (secondary N) is 1. The number of carbonyl (C=O) groups excluding carboxylic acids is 2. The summed E-state index contributed by atoms with van der Waals surface area (Å²) in [6.45, 7) is 0.541. The van der Waals surface area contributed by atoms with E-state index in [2.05, 4.69) is 15.4 Å². The van der Waals surface area contributed by atoms with Gasteiger partial charge in [0.15, 0.2) is 5.82 Å². The van der Waals surface area contributed by atoms with Crippen LogP contribution in [-0.2, 0) is 4.79 Å². The molecule has 5 rings (SSSR count). The van der Waals surface area contributed by atoms with Crippen molar-refractivity contribution in [3.8, 4) is 5.82 Å². The number of rotatable bonds is 6. The van der Waals surface area contributed by atoms with Gasteiger partial charge in [-0.15, -0.1) is 0 Å². The molecule has 0 bridgehead atoms. The molecule has 1 fully saturated rings. The average Bonchev–Trinajstić information content (AvgIpc) is 3.61. The van der Waals surface area contributed by atoms with E-state index in [0.29, 0.717) is 24.3 Å². The number of carbonyl (C=O) groups is 2. The molecule has 1 N–H and O–H groups in total. The fourth-order valence-corrected chi connectivity index (χ4v) is 4.39. The number of amides is 2. The molecule has 4 aromatic rings. The van der Waals surface area contributed by atoms with Crippen LogP contribution < -0.4 is 5.32 Å². The third-order valence-corrected chi connectivity index (χ3v) is 6.10. The molecule has 2 aromatic heterocycles. The molecule has 1 aliphatic rings. The lowest BCUT2D eigenvalue weighted by molar-refractivity contribution is -0.125. The number of likely N-dealkylation sites (tertiary alicyclic amines) is 1. The lowest BCUT2D eigenvalue weighted by Gasteiger charge is -2.27. The van der Waals surface area contributed by atoms with Crippen molar-refractivity contribution in [2.75, 3.05) is 6.54 Å². The maximum Gasteiger partial charge on any atom is 0.256 e. The van der Waals surface area contributed by atoms with Crippen LogP contribution in [0.15, 0.2) is 97.5 Å². The van der Waals surface area contributed by atoms with Gasteiger partial charge in [0.25, 0.3) is 5.91 Å². The summed E-state index contributed by atoms with van der Waals surface area (Å²) in [5.74, 6) is 0.295. The lowest BCUT2D eigenvalue weighted by atomic mass is 9.98. The molecule has 2 aromatic carbocycles. The Balaban J connectivity index is 1.34. The summed E-state index contributed by atoms with van der Waals surface area (Å²) < 4.78 is 1.63. The van der Waals surface area contributed by atoms with E-state index in [9.17, 15) is 9.59 Å². The Morgan fingerprint density at radius 1 is 0.912 bits per heavy atom. The summed E-state index contributed by atoms with van der Waals surface area (Å²) in [7, 11) is 0. The van der Waals surface area contributed by atoms with Crippen LogP contribution in [0.1, 0.15) is 40.4 Å². The monoisotopic (exact) mass is 451 g/mol. The highest BCUT2D eigenvalue weighted by molar-refractivity contribution is 5.98. The van der Waals surface area contributed by atoms with Gasteiger partial charge in [-0.3, -0.25) is 9.59 Å². The third kappa shape index (κ3) is 4.45. The molecule has 3 heterocycles. The van der Waals surface area contributed by atoms with Crippen LogP contribution in [0, 0.1) is 0 Å². The summed E-state index contributed by atoms with van der Waals surface area (Å²) >= 11 is 0. The van der Waals surface area contributed by atoms with Crippen LogP contribution in [0.3, 0.4) is 0 Å². The van der Waals surface area contributed by atoms with Crippen molar-refractivity contribution in [3.05, 3.63) is 114 Å². The zero-order chi connectivity index (χ0) is 23.3. The molecule has 0 aliphatic carbocycles. The van der Waals surface area contributed by atoms with Gasteiger partial charge in [0, 0.05) is 25.1 Å². The van der Waals surface area contributed by atoms with Crippen molar-refractivity contribution < 1.29 is 9.59 Å². The van der Waals surface area contributed by atoms with Crippen molar-refractivity contribution in [3.63, 3.8) is 0 Å². The summed E-state index contributed by atoms with van der Waals surface area (Å²) in [5, 5.41) is 7.35. The Bertz CT molecular complexity index is 1200. The van der Waals surface area contributed by atoms with Gasteiger partial charge in [-0.1, -0.05) is 60.7 Å².